The molecule has 68 heavy (non-hydrogen) atoms. The Bertz CT molecular complexity index is 2850. The Kier molecular flexibility index (Phi) is 12.8. The van der Waals surface area contributed by atoms with E-state index in [0.717, 1.165) is 169 Å². The number of nitrogens with one attached hydrogen (secondary N) is 1. The van der Waals surface area contributed by atoms with Gasteiger partial charge in [-0.2, -0.15) is 4.98 Å². The van der Waals surface area contributed by atoms with Crippen molar-refractivity contribution < 1.29 is 9.47 Å². The number of likely N-dealkylation sites (tertiary alicyclic amines) is 2. The van der Waals surface area contributed by atoms with Gasteiger partial charge in [-0.1, -0.05) is 36.4 Å². The predicted octanol–water partition coefficient (Wildman–Crippen LogP) is 7.70. The number of ether oxygens (including phenoxy) is 2. The van der Waals surface area contributed by atoms with Crippen molar-refractivity contribution in [3.05, 3.63) is 82.2 Å². The first-order valence-electron chi connectivity index (χ1n) is 25.0. The van der Waals surface area contributed by atoms with Gasteiger partial charge < -0.3 is 39.0 Å². The van der Waals surface area contributed by atoms with Gasteiger partial charge in [-0.15, -0.1) is 22.7 Å². The fourth-order valence-corrected chi connectivity index (χ4v) is 13.6. The van der Waals surface area contributed by atoms with Crippen LogP contribution in [-0.4, -0.2) is 169 Å². The molecule has 0 atom stereocenters. The normalized spacial score (nSPS) is 19.5. The van der Waals surface area contributed by atoms with Crippen LogP contribution >= 0.6 is 22.7 Å². The highest BCUT2D eigenvalue weighted by Gasteiger charge is 2.30. The monoisotopic (exact) mass is 952 g/mol. The van der Waals surface area contributed by atoms with Gasteiger partial charge in [0.1, 0.15) is 0 Å². The summed E-state index contributed by atoms with van der Waals surface area (Å²) in [5.41, 5.74) is 6.90. The second-order valence-electron chi connectivity index (χ2n) is 19.5. The zero-order valence-corrected chi connectivity index (χ0v) is 41.2. The average molecular weight is 953 g/mol. The van der Waals surface area contributed by atoms with Crippen LogP contribution in [0.25, 0.3) is 42.7 Å². The lowest BCUT2D eigenvalue weighted by molar-refractivity contribution is 0.0920. The summed E-state index contributed by atoms with van der Waals surface area (Å²) in [4.78, 5) is 44.8. The number of likely N-dealkylation sites (N-methyl/N-ethyl adjacent to an activating group) is 2. The Morgan fingerprint density at radius 2 is 1.19 bits per heavy atom. The Balaban J connectivity index is 0.634. The van der Waals surface area contributed by atoms with Gasteiger partial charge in [0.25, 0.3) is 0 Å². The molecule has 1 N–H and O–H groups in total. The first-order valence-corrected chi connectivity index (χ1v) is 26.6. The minimum absolute atomic E-state index is 0.624. The number of thiophene rings is 2. The van der Waals surface area contributed by atoms with Gasteiger partial charge in [-0.25, -0.2) is 15.0 Å². The third-order valence-corrected chi connectivity index (χ3v) is 17.5. The second kappa shape index (κ2) is 19.5. The number of morpholine rings is 2. The fourth-order valence-electron chi connectivity index (χ4n) is 11.3. The topological polar surface area (TPSA) is 108 Å². The Hall–Kier alpha value is -4.78. The molecule has 0 unspecified atom stereocenters. The number of nitrogens with zero attached hydrogens (tertiary/aromatic N) is 11. The van der Waals surface area contributed by atoms with Crippen LogP contribution in [0, 0.1) is 0 Å². The van der Waals surface area contributed by atoms with Crippen molar-refractivity contribution in [3.63, 3.8) is 0 Å². The molecule has 7 aromatic rings. The number of benzene rings is 2. The lowest BCUT2D eigenvalue weighted by atomic mass is 10.0. The number of rotatable bonds is 13. The molecule has 356 valence electrons. The molecular formula is C52H64N12O2S2. The summed E-state index contributed by atoms with van der Waals surface area (Å²) in [6.07, 6.45) is 7.92. The molecule has 12 rings (SSSR count). The van der Waals surface area contributed by atoms with E-state index >= 15 is 0 Å². The summed E-state index contributed by atoms with van der Waals surface area (Å²) in [6, 6.07) is 23.0. The van der Waals surface area contributed by atoms with Crippen LogP contribution in [0.1, 0.15) is 41.0 Å². The highest BCUT2D eigenvalue weighted by atomic mass is 32.1. The van der Waals surface area contributed by atoms with Gasteiger partial charge in [0.2, 0.25) is 5.95 Å². The van der Waals surface area contributed by atoms with Gasteiger partial charge in [-0.3, -0.25) is 9.80 Å². The van der Waals surface area contributed by atoms with E-state index in [1.807, 2.05) is 22.7 Å². The molecule has 0 aliphatic carbocycles. The maximum absolute atomic E-state index is 5.74. The minimum Gasteiger partial charge on any atom is -0.378 e. The van der Waals surface area contributed by atoms with Crippen molar-refractivity contribution >= 4 is 77.3 Å². The summed E-state index contributed by atoms with van der Waals surface area (Å²) in [7, 11) is 4.71. The number of aromatic nitrogens is 5. The zero-order chi connectivity index (χ0) is 45.6. The zero-order valence-electron chi connectivity index (χ0n) is 39.6. The number of para-hydroxylation sites is 2. The van der Waals surface area contributed by atoms with Crippen LogP contribution in [0.15, 0.2) is 66.9 Å². The standard InChI is InChI=1S/C52H64N12O2S2/c1-58(37-12-16-60(17-13-37)34-39-31-44-47(67-39)50(62-23-27-65-28-24-62)56-49(54-44)42-33-53-43-9-5-4-8-41(42)43)21-22-59(2)38-14-18-61(19-15-38)35-40-32-45-48(68-40)51(63-25-29-66-30-26-63)57-52(55-45)64-20-11-36-7-3-6-10-46(36)64/h3-10,31-33,37-38,53H,11-30,34-35H2,1-2H3. The van der Waals surface area contributed by atoms with Crippen molar-refractivity contribution in [2.75, 3.05) is 127 Å². The van der Waals surface area contributed by atoms with Crippen molar-refractivity contribution in [3.8, 4) is 11.4 Å². The van der Waals surface area contributed by atoms with Crippen LogP contribution in [0.4, 0.5) is 23.3 Å². The maximum atomic E-state index is 5.74. The molecule has 0 amide bonds. The molecule has 5 aromatic heterocycles. The summed E-state index contributed by atoms with van der Waals surface area (Å²) in [6.45, 7) is 15.9. The number of aromatic amines is 1. The van der Waals surface area contributed by atoms with Gasteiger partial charge in [0.05, 0.1) is 46.9 Å². The van der Waals surface area contributed by atoms with Crippen LogP contribution < -0.4 is 14.7 Å². The van der Waals surface area contributed by atoms with E-state index < -0.39 is 0 Å². The highest BCUT2D eigenvalue weighted by molar-refractivity contribution is 7.20. The molecule has 14 nitrogen and oxygen atoms in total. The third-order valence-electron chi connectivity index (χ3n) is 15.3. The predicted molar refractivity (Wildman–Crippen MR) is 277 cm³/mol. The van der Waals surface area contributed by atoms with Crippen molar-refractivity contribution in [2.45, 2.75) is 57.3 Å². The van der Waals surface area contributed by atoms with Crippen LogP contribution in [0.5, 0.6) is 0 Å². The van der Waals surface area contributed by atoms with E-state index in [2.05, 4.69) is 120 Å². The maximum Gasteiger partial charge on any atom is 0.232 e. The molecule has 5 aliphatic heterocycles. The molecule has 5 aliphatic rings. The number of anilines is 4. The lowest BCUT2D eigenvalue weighted by Gasteiger charge is -2.39. The van der Waals surface area contributed by atoms with Gasteiger partial charge >= 0.3 is 0 Å². The second-order valence-corrected chi connectivity index (χ2v) is 21.8. The van der Waals surface area contributed by atoms with E-state index in [0.29, 0.717) is 12.1 Å². The Labute approximate surface area is 407 Å². The summed E-state index contributed by atoms with van der Waals surface area (Å²) >= 11 is 3.76. The highest BCUT2D eigenvalue weighted by Crippen LogP contribution is 2.40. The Morgan fingerprint density at radius 3 is 1.82 bits per heavy atom. The molecule has 16 heteroatoms. The van der Waals surface area contributed by atoms with E-state index in [9.17, 15) is 0 Å². The van der Waals surface area contributed by atoms with Gasteiger partial charge in [-0.05, 0) is 76.0 Å². The first kappa shape index (κ1) is 44.4. The molecule has 0 saturated carbocycles. The molecule has 10 heterocycles. The molecule has 0 spiro atoms. The summed E-state index contributed by atoms with van der Waals surface area (Å²) in [5.74, 6) is 3.73. The average Bonchev–Trinajstić information content (AvgIpc) is 4.21. The van der Waals surface area contributed by atoms with Crippen LogP contribution in [0.3, 0.4) is 0 Å². The number of hydrogen-bond donors (Lipinski definition) is 1. The smallest absolute Gasteiger partial charge is 0.232 e. The largest absolute Gasteiger partial charge is 0.378 e. The molecule has 4 saturated heterocycles. The van der Waals surface area contributed by atoms with Crippen LogP contribution in [-0.2, 0) is 29.0 Å². The molecule has 0 radical (unpaired) electrons. The van der Waals surface area contributed by atoms with E-state index in [1.165, 1.54) is 56.1 Å². The molecule has 4 fully saturated rings. The van der Waals surface area contributed by atoms with Gasteiger partial charge in [0.15, 0.2) is 17.5 Å². The summed E-state index contributed by atoms with van der Waals surface area (Å²) < 4.78 is 13.9. The molecule has 2 aromatic carbocycles. The van der Waals surface area contributed by atoms with Crippen molar-refractivity contribution in [2.24, 2.45) is 0 Å². The van der Waals surface area contributed by atoms with Gasteiger partial charge in [0, 0.05) is 135 Å². The first-order chi connectivity index (χ1) is 33.5. The van der Waals surface area contributed by atoms with Crippen molar-refractivity contribution in [1.82, 2.24) is 44.5 Å². The van der Waals surface area contributed by atoms with E-state index in [1.54, 1.807) is 0 Å². The number of piperidine rings is 2. The third kappa shape index (κ3) is 9.10. The lowest BCUT2D eigenvalue weighted by Crippen LogP contribution is -2.47. The number of hydrogen-bond acceptors (Lipinski definition) is 15. The SMILES string of the molecule is CN(CCN(C)C1CCN(Cc2cc3nc(N4CCc5ccccc54)nc(N4CCOCC4)c3s2)CC1)C1CCN(Cc2cc3nc(-c4c[nH]c5ccccc45)nc(N4CCOCC4)c3s2)CC1. The van der Waals surface area contributed by atoms with Crippen molar-refractivity contribution in [1.29, 1.82) is 0 Å². The van der Waals surface area contributed by atoms with E-state index in [-0.39, 0.29) is 0 Å². The number of H-pyrrole nitrogens is 1. The minimum atomic E-state index is 0.624. The molecule has 0 bridgehead atoms. The Morgan fingerprint density at radius 1 is 0.632 bits per heavy atom. The van der Waals surface area contributed by atoms with Crippen LogP contribution in [0.2, 0.25) is 0 Å². The number of fused-ring (bicyclic) bond motifs is 4. The summed E-state index contributed by atoms with van der Waals surface area (Å²) in [5, 5.41) is 1.16. The fraction of sp³-hybridized carbons (Fsp3) is 0.500. The quantitative estimate of drug-likeness (QED) is 0.122. The van der Waals surface area contributed by atoms with E-state index in [4.69, 9.17) is 29.4 Å². The molecular weight excluding hydrogens is 889 g/mol.